The minimum absolute atomic E-state index is 0.151. The fourth-order valence-corrected chi connectivity index (χ4v) is 4.08. The Hall–Kier alpha value is -3.03. The number of fused-ring (bicyclic) bond motifs is 1. The highest BCUT2D eigenvalue weighted by molar-refractivity contribution is 6.63. The zero-order valence-corrected chi connectivity index (χ0v) is 18.8. The normalized spacial score (nSPS) is 18.3. The molecule has 0 atom stereocenters. The van der Waals surface area contributed by atoms with E-state index in [1.165, 1.54) is 0 Å². The highest BCUT2D eigenvalue weighted by atomic mass is 16.7. The van der Waals surface area contributed by atoms with E-state index in [1.807, 2.05) is 93.2 Å². The van der Waals surface area contributed by atoms with Crippen LogP contribution in [0.25, 0.3) is 5.69 Å². The van der Waals surface area contributed by atoms with Gasteiger partial charge >= 0.3 is 7.12 Å². The van der Waals surface area contributed by atoms with E-state index in [1.54, 1.807) is 0 Å². The molecule has 2 aliphatic heterocycles. The summed E-state index contributed by atoms with van der Waals surface area (Å²) in [5, 5.41) is 3.06. The largest absolute Gasteiger partial charge is 0.498 e. The van der Waals surface area contributed by atoms with E-state index in [9.17, 15) is 4.79 Å². The third kappa shape index (κ3) is 3.51. The third-order valence-corrected chi connectivity index (χ3v) is 6.68. The predicted molar refractivity (Wildman–Crippen MR) is 125 cm³/mol. The molecule has 1 N–H and O–H groups in total. The maximum absolute atomic E-state index is 12.9. The number of carbonyl (C=O) groups excluding carboxylic acids is 1. The zero-order chi connectivity index (χ0) is 22.5. The second-order valence-corrected chi connectivity index (χ2v) is 9.29. The molecular weight excluding hydrogens is 403 g/mol. The van der Waals surface area contributed by atoms with E-state index in [4.69, 9.17) is 14.0 Å². The van der Waals surface area contributed by atoms with Crippen LogP contribution in [0.3, 0.4) is 0 Å². The molecule has 0 spiro atoms. The van der Waals surface area contributed by atoms with Crippen LogP contribution in [-0.4, -0.2) is 35.4 Å². The Kier molecular flexibility index (Phi) is 4.91. The van der Waals surface area contributed by atoms with Crippen molar-refractivity contribution in [1.82, 2.24) is 4.57 Å². The van der Waals surface area contributed by atoms with Gasteiger partial charge in [0, 0.05) is 46.8 Å². The summed E-state index contributed by atoms with van der Waals surface area (Å²) in [4.78, 5) is 12.9. The molecule has 1 fully saturated rings. The number of anilines is 1. The Morgan fingerprint density at radius 2 is 1.62 bits per heavy atom. The van der Waals surface area contributed by atoms with Gasteiger partial charge in [0.05, 0.1) is 17.8 Å². The molecule has 1 amide bonds. The van der Waals surface area contributed by atoms with Crippen LogP contribution >= 0.6 is 0 Å². The molecule has 2 aliphatic rings. The van der Waals surface area contributed by atoms with Gasteiger partial charge in [-0.1, -0.05) is 6.07 Å². The average molecular weight is 430 g/mol. The van der Waals surface area contributed by atoms with E-state index in [2.05, 4.69) is 5.32 Å². The Bertz CT molecular complexity index is 1140. The van der Waals surface area contributed by atoms with E-state index >= 15 is 0 Å². The molecule has 0 aliphatic carbocycles. The highest BCUT2D eigenvalue weighted by Gasteiger charge is 2.53. The van der Waals surface area contributed by atoms with Crippen molar-refractivity contribution in [2.75, 3.05) is 11.9 Å². The van der Waals surface area contributed by atoms with E-state index < -0.39 is 18.3 Å². The molecule has 32 heavy (non-hydrogen) atoms. The van der Waals surface area contributed by atoms with Gasteiger partial charge in [0.25, 0.3) is 5.91 Å². The van der Waals surface area contributed by atoms with Crippen LogP contribution in [0.2, 0.25) is 0 Å². The summed E-state index contributed by atoms with van der Waals surface area (Å²) in [6.07, 6.45) is 4.67. The monoisotopic (exact) mass is 430 g/mol. The van der Waals surface area contributed by atoms with E-state index in [-0.39, 0.29) is 5.91 Å². The molecule has 5 rings (SSSR count). The smallest absolute Gasteiger partial charge is 0.493 e. The lowest BCUT2D eigenvalue weighted by Gasteiger charge is -2.32. The average Bonchev–Trinajstić information content (AvgIpc) is 3.49. The molecule has 6 nitrogen and oxygen atoms in total. The zero-order valence-electron chi connectivity index (χ0n) is 18.8. The standard InChI is InChI=1S/C25H27BN2O4/c1-24(2)25(3,4)32-26(31-24)20-11-12-21(19-13-16-30-22(19)20)27-23(29)17-7-9-18(10-8-17)28-14-5-6-15-28/h5-12,14-15H,13,16H2,1-4H3,(H,27,29). The fourth-order valence-electron chi connectivity index (χ4n) is 4.08. The molecule has 0 radical (unpaired) electrons. The van der Waals surface area contributed by atoms with Crippen LogP contribution in [0.5, 0.6) is 5.75 Å². The molecule has 7 heteroatoms. The van der Waals surface area contributed by atoms with Gasteiger partial charge in [0.2, 0.25) is 0 Å². The van der Waals surface area contributed by atoms with Crippen molar-refractivity contribution in [1.29, 1.82) is 0 Å². The first-order valence-corrected chi connectivity index (χ1v) is 10.9. The summed E-state index contributed by atoms with van der Waals surface area (Å²) < 4.78 is 20.4. The van der Waals surface area contributed by atoms with Crippen molar-refractivity contribution >= 4 is 24.2 Å². The first-order valence-electron chi connectivity index (χ1n) is 10.9. The summed E-state index contributed by atoms with van der Waals surface area (Å²) >= 11 is 0. The van der Waals surface area contributed by atoms with Gasteiger partial charge in [-0.05, 0) is 70.2 Å². The second-order valence-electron chi connectivity index (χ2n) is 9.29. The van der Waals surface area contributed by atoms with Crippen molar-refractivity contribution < 1.29 is 18.8 Å². The van der Waals surface area contributed by atoms with Crippen molar-refractivity contribution in [3.05, 3.63) is 72.1 Å². The number of rotatable bonds is 4. The van der Waals surface area contributed by atoms with Crippen molar-refractivity contribution in [3.63, 3.8) is 0 Å². The van der Waals surface area contributed by atoms with Crippen LogP contribution in [0.1, 0.15) is 43.6 Å². The van der Waals surface area contributed by atoms with Crippen LogP contribution in [0, 0.1) is 0 Å². The van der Waals surface area contributed by atoms with Gasteiger partial charge in [0.15, 0.2) is 0 Å². The molecule has 0 saturated carbocycles. The first kappa shape index (κ1) is 20.9. The van der Waals surface area contributed by atoms with Crippen molar-refractivity contribution in [2.24, 2.45) is 0 Å². The maximum atomic E-state index is 12.9. The van der Waals surface area contributed by atoms with Crippen molar-refractivity contribution in [3.8, 4) is 11.4 Å². The summed E-state index contributed by atoms with van der Waals surface area (Å²) in [7, 11) is -0.502. The molecule has 1 saturated heterocycles. The Morgan fingerprint density at radius 3 is 2.28 bits per heavy atom. The number of benzene rings is 2. The highest BCUT2D eigenvalue weighted by Crippen LogP contribution is 2.39. The minimum Gasteiger partial charge on any atom is -0.493 e. The van der Waals surface area contributed by atoms with Gasteiger partial charge in [0.1, 0.15) is 5.75 Å². The van der Waals surface area contributed by atoms with Crippen LogP contribution in [0.4, 0.5) is 5.69 Å². The minimum atomic E-state index is -0.502. The molecule has 1 aromatic heterocycles. The van der Waals surface area contributed by atoms with Crippen LogP contribution < -0.4 is 15.5 Å². The fraction of sp³-hybridized carbons (Fsp3) is 0.320. The topological polar surface area (TPSA) is 61.7 Å². The van der Waals surface area contributed by atoms with Gasteiger partial charge in [-0.15, -0.1) is 0 Å². The SMILES string of the molecule is CC1(C)OB(c2ccc(NC(=O)c3ccc(-n4cccc4)cc3)c3c2OCC3)OC1(C)C. The maximum Gasteiger partial charge on any atom is 0.498 e. The summed E-state index contributed by atoms with van der Waals surface area (Å²) in [6.45, 7) is 8.70. The molecular formula is C25H27BN2O4. The van der Waals surface area contributed by atoms with Crippen molar-refractivity contribution in [2.45, 2.75) is 45.3 Å². The number of hydrogen-bond donors (Lipinski definition) is 1. The summed E-state index contributed by atoms with van der Waals surface area (Å²) in [5.74, 6) is 0.603. The number of aromatic nitrogens is 1. The third-order valence-electron chi connectivity index (χ3n) is 6.68. The molecule has 3 aromatic rings. The number of ether oxygens (including phenoxy) is 1. The van der Waals surface area contributed by atoms with Gasteiger partial charge in [-0.3, -0.25) is 4.79 Å². The van der Waals surface area contributed by atoms with E-state index in [0.717, 1.165) is 34.6 Å². The molecule has 164 valence electrons. The number of nitrogens with zero attached hydrogens (tertiary/aromatic N) is 1. The van der Waals surface area contributed by atoms with Crippen LogP contribution in [0.15, 0.2) is 60.9 Å². The summed E-state index contributed by atoms with van der Waals surface area (Å²) in [6, 6.07) is 15.3. The summed E-state index contributed by atoms with van der Waals surface area (Å²) in [5.41, 5.74) is 3.36. The lowest BCUT2D eigenvalue weighted by molar-refractivity contribution is 0.00578. The molecule has 3 heterocycles. The number of amides is 1. The molecule has 2 aromatic carbocycles. The Labute approximate surface area is 188 Å². The Balaban J connectivity index is 1.37. The second kappa shape index (κ2) is 7.54. The van der Waals surface area contributed by atoms with Gasteiger partial charge in [-0.2, -0.15) is 0 Å². The lowest BCUT2D eigenvalue weighted by atomic mass is 9.77. The molecule has 0 unspecified atom stereocenters. The predicted octanol–water partition coefficient (Wildman–Crippen LogP) is 3.96. The van der Waals surface area contributed by atoms with Crippen LogP contribution in [-0.2, 0) is 15.7 Å². The van der Waals surface area contributed by atoms with Gasteiger partial charge < -0.3 is 23.9 Å². The number of nitrogens with one attached hydrogen (secondary N) is 1. The lowest BCUT2D eigenvalue weighted by Crippen LogP contribution is -2.41. The van der Waals surface area contributed by atoms with Gasteiger partial charge in [-0.25, -0.2) is 0 Å². The number of hydrogen-bond acceptors (Lipinski definition) is 4. The number of carbonyl (C=O) groups is 1. The quantitative estimate of drug-likeness (QED) is 0.637. The Morgan fingerprint density at radius 1 is 0.969 bits per heavy atom. The van der Waals surface area contributed by atoms with E-state index in [0.29, 0.717) is 12.2 Å². The molecule has 0 bridgehead atoms. The first-order chi connectivity index (χ1) is 15.2.